The van der Waals surface area contributed by atoms with Crippen LogP contribution in [0, 0.1) is 10.1 Å². The number of nitrogens with zero attached hydrogens (tertiary/aromatic N) is 3. The maximum Gasteiger partial charge on any atom is 0.433 e. The van der Waals surface area contributed by atoms with Crippen LogP contribution in [0.25, 0.3) is 6.08 Å². The molecule has 0 radical (unpaired) electrons. The Hall–Kier alpha value is -3.70. The Kier molecular flexibility index (Phi) is 7.41. The summed E-state index contributed by atoms with van der Waals surface area (Å²) in [5.41, 5.74) is 0.774. The summed E-state index contributed by atoms with van der Waals surface area (Å²) in [4.78, 5) is 42.2. The highest BCUT2D eigenvalue weighted by Crippen LogP contribution is 2.38. The zero-order valence-corrected chi connectivity index (χ0v) is 21.2. The van der Waals surface area contributed by atoms with E-state index >= 15 is 0 Å². The normalized spacial score (nSPS) is 15.4. The third-order valence-corrected chi connectivity index (χ3v) is 6.66. The average molecular weight is 532 g/mol. The number of rotatable bonds is 8. The number of fused-ring (bicyclic) bond motifs is 1. The molecule has 0 saturated carbocycles. The number of nitro groups is 1. The second kappa shape index (κ2) is 10.5. The Labute approximate surface area is 213 Å². The van der Waals surface area contributed by atoms with E-state index in [0.717, 1.165) is 11.3 Å². The Morgan fingerprint density at radius 2 is 2.11 bits per heavy atom. The van der Waals surface area contributed by atoms with Crippen molar-refractivity contribution in [2.24, 2.45) is 4.99 Å². The largest absolute Gasteiger partial charge is 0.496 e. The number of aromatic nitrogens is 1. The van der Waals surface area contributed by atoms with Gasteiger partial charge in [-0.15, -0.1) is 0 Å². The van der Waals surface area contributed by atoms with Crippen molar-refractivity contribution in [1.82, 2.24) is 4.57 Å². The van der Waals surface area contributed by atoms with Gasteiger partial charge in [0.05, 0.1) is 35.6 Å². The Morgan fingerprint density at radius 3 is 2.75 bits per heavy atom. The molecule has 1 atom stereocenters. The standard InChI is InChI=1S/C24H22ClN3O7S/c1-4-6-16-20(23(30)34-5-2)21(15-11-13(25)7-9-17(15)33-3)27-22(29)18(36-24(27)26-16)12-14-8-10-19(35-14)28(31)32/h7-12,21H,4-6H2,1-3H3/b18-12+/t21-/m0/s1. The van der Waals surface area contributed by atoms with Crippen molar-refractivity contribution < 1.29 is 23.6 Å². The van der Waals surface area contributed by atoms with Crippen molar-refractivity contribution in [3.05, 3.63) is 87.8 Å². The number of furan rings is 1. The lowest BCUT2D eigenvalue weighted by Gasteiger charge is -2.27. The van der Waals surface area contributed by atoms with E-state index in [2.05, 4.69) is 4.99 Å². The van der Waals surface area contributed by atoms with E-state index in [0.29, 0.717) is 39.7 Å². The number of benzene rings is 1. The number of esters is 1. The molecule has 0 unspecified atom stereocenters. The number of allylic oxidation sites excluding steroid dienone is 1. The van der Waals surface area contributed by atoms with Crippen LogP contribution in [0.4, 0.5) is 5.88 Å². The third-order valence-electron chi connectivity index (χ3n) is 5.44. The van der Waals surface area contributed by atoms with Crippen LogP contribution in [0.15, 0.2) is 55.8 Å². The van der Waals surface area contributed by atoms with Crippen LogP contribution in [0.2, 0.25) is 5.02 Å². The number of hydrogen-bond donors (Lipinski definition) is 0. The van der Waals surface area contributed by atoms with Gasteiger partial charge in [-0.3, -0.25) is 19.5 Å². The molecular formula is C24H22ClN3O7S. The molecule has 2 aromatic heterocycles. The lowest BCUT2D eigenvalue weighted by atomic mass is 9.93. The maximum atomic E-state index is 13.7. The van der Waals surface area contributed by atoms with Gasteiger partial charge in [0.15, 0.2) is 4.80 Å². The first-order valence-corrected chi connectivity index (χ1v) is 12.3. The van der Waals surface area contributed by atoms with Gasteiger partial charge in [0.1, 0.15) is 22.5 Å². The molecule has 0 aliphatic carbocycles. The summed E-state index contributed by atoms with van der Waals surface area (Å²) < 4.78 is 17.7. The molecule has 3 heterocycles. The van der Waals surface area contributed by atoms with E-state index in [9.17, 15) is 19.7 Å². The predicted octanol–water partition coefficient (Wildman–Crippen LogP) is 3.74. The van der Waals surface area contributed by atoms with Gasteiger partial charge in [0.2, 0.25) is 0 Å². The zero-order valence-electron chi connectivity index (χ0n) is 19.6. The van der Waals surface area contributed by atoms with E-state index < -0.39 is 28.4 Å². The first-order chi connectivity index (χ1) is 17.3. The number of hydrogen-bond acceptors (Lipinski definition) is 9. The molecule has 1 aliphatic heterocycles. The van der Waals surface area contributed by atoms with Crippen molar-refractivity contribution >= 4 is 40.9 Å². The van der Waals surface area contributed by atoms with Crippen LogP contribution in [0.5, 0.6) is 5.75 Å². The van der Waals surface area contributed by atoms with Gasteiger partial charge < -0.3 is 13.9 Å². The molecule has 1 aromatic carbocycles. The molecule has 0 amide bonds. The molecule has 0 fully saturated rings. The number of methoxy groups -OCH3 is 1. The average Bonchev–Trinajstić information content (AvgIpc) is 3.43. The second-order valence-electron chi connectivity index (χ2n) is 7.73. The minimum Gasteiger partial charge on any atom is -0.496 e. The highest BCUT2D eigenvalue weighted by Gasteiger charge is 2.36. The zero-order chi connectivity index (χ0) is 26.0. The Balaban J connectivity index is 2.03. The van der Waals surface area contributed by atoms with Gasteiger partial charge in [-0.25, -0.2) is 9.79 Å². The van der Waals surface area contributed by atoms with Gasteiger partial charge >= 0.3 is 11.9 Å². The highest BCUT2D eigenvalue weighted by molar-refractivity contribution is 7.07. The van der Waals surface area contributed by atoms with E-state index in [4.69, 9.17) is 25.5 Å². The molecule has 36 heavy (non-hydrogen) atoms. The fraction of sp³-hybridized carbons (Fsp3) is 0.292. The van der Waals surface area contributed by atoms with Crippen LogP contribution in [-0.2, 0) is 9.53 Å². The lowest BCUT2D eigenvalue weighted by molar-refractivity contribution is -0.402. The van der Waals surface area contributed by atoms with Gasteiger partial charge in [-0.05, 0) is 37.6 Å². The van der Waals surface area contributed by atoms with Gasteiger partial charge in [-0.1, -0.05) is 36.3 Å². The first-order valence-electron chi connectivity index (χ1n) is 11.1. The monoisotopic (exact) mass is 531 g/mol. The summed E-state index contributed by atoms with van der Waals surface area (Å²) in [5, 5.41) is 11.4. The smallest absolute Gasteiger partial charge is 0.433 e. The summed E-state index contributed by atoms with van der Waals surface area (Å²) >= 11 is 7.40. The Bertz CT molecular complexity index is 1550. The fourth-order valence-electron chi connectivity index (χ4n) is 3.98. The third kappa shape index (κ3) is 4.71. The van der Waals surface area contributed by atoms with E-state index in [1.807, 2.05) is 6.92 Å². The molecule has 0 N–H and O–H groups in total. The van der Waals surface area contributed by atoms with Crippen LogP contribution >= 0.6 is 22.9 Å². The Morgan fingerprint density at radius 1 is 1.33 bits per heavy atom. The van der Waals surface area contributed by atoms with Gasteiger partial charge in [-0.2, -0.15) is 0 Å². The van der Waals surface area contributed by atoms with Crippen molar-refractivity contribution in [2.75, 3.05) is 13.7 Å². The molecule has 10 nitrogen and oxygen atoms in total. The van der Waals surface area contributed by atoms with Crippen LogP contribution in [0.3, 0.4) is 0 Å². The number of ether oxygens (including phenoxy) is 2. The fourth-order valence-corrected chi connectivity index (χ4v) is 5.16. The summed E-state index contributed by atoms with van der Waals surface area (Å²) in [5.74, 6) is -0.458. The first kappa shape index (κ1) is 25.4. The number of thiazole rings is 1. The van der Waals surface area contributed by atoms with Gasteiger partial charge in [0.25, 0.3) is 5.56 Å². The molecular weight excluding hydrogens is 510 g/mol. The molecule has 0 spiro atoms. The molecule has 12 heteroatoms. The minimum absolute atomic E-state index is 0.141. The second-order valence-corrected chi connectivity index (χ2v) is 9.18. The minimum atomic E-state index is -0.913. The maximum absolute atomic E-state index is 13.7. The van der Waals surface area contributed by atoms with Crippen LogP contribution < -0.4 is 19.6 Å². The molecule has 1 aliphatic rings. The quantitative estimate of drug-likeness (QED) is 0.246. The summed E-state index contributed by atoms with van der Waals surface area (Å²) in [6.07, 6.45) is 2.59. The highest BCUT2D eigenvalue weighted by atomic mass is 35.5. The SMILES string of the molecule is CCCC1=C(C(=O)OCC)[C@H](c2cc(Cl)ccc2OC)n2c(s/c(=C/c3ccc([N+](=O)[O-])o3)c2=O)=N1. The molecule has 3 aromatic rings. The van der Waals surface area contributed by atoms with Crippen LogP contribution in [0.1, 0.15) is 44.1 Å². The van der Waals surface area contributed by atoms with Crippen molar-refractivity contribution in [3.63, 3.8) is 0 Å². The van der Waals surface area contributed by atoms with Crippen molar-refractivity contribution in [3.8, 4) is 5.75 Å². The van der Waals surface area contributed by atoms with Crippen molar-refractivity contribution in [2.45, 2.75) is 32.7 Å². The van der Waals surface area contributed by atoms with Crippen molar-refractivity contribution in [1.29, 1.82) is 0 Å². The van der Waals surface area contributed by atoms with E-state index in [1.54, 1.807) is 25.1 Å². The molecule has 0 bridgehead atoms. The molecule has 4 rings (SSSR count). The van der Waals surface area contributed by atoms with E-state index in [-0.39, 0.29) is 22.5 Å². The molecule has 0 saturated heterocycles. The molecule has 188 valence electrons. The number of carbonyl (C=O) groups excluding carboxylic acids is 1. The summed E-state index contributed by atoms with van der Waals surface area (Å²) in [7, 11) is 1.49. The van der Waals surface area contributed by atoms with E-state index in [1.165, 1.54) is 29.9 Å². The predicted molar refractivity (Wildman–Crippen MR) is 133 cm³/mol. The topological polar surface area (TPSA) is 126 Å². The lowest BCUT2D eigenvalue weighted by Crippen LogP contribution is -2.40. The number of carbonyl (C=O) groups is 1. The van der Waals surface area contributed by atoms with Crippen LogP contribution in [-0.4, -0.2) is 29.2 Å². The van der Waals surface area contributed by atoms with Gasteiger partial charge in [0, 0.05) is 16.7 Å². The number of halogens is 1. The summed E-state index contributed by atoms with van der Waals surface area (Å²) in [6.45, 7) is 3.80. The summed E-state index contributed by atoms with van der Waals surface area (Å²) in [6, 6.07) is 6.66.